The van der Waals surface area contributed by atoms with Gasteiger partial charge in [-0.25, -0.2) is 0 Å². The van der Waals surface area contributed by atoms with Crippen LogP contribution in [0.4, 0.5) is 5.69 Å². The van der Waals surface area contributed by atoms with Crippen molar-refractivity contribution in [3.05, 3.63) is 76.6 Å². The van der Waals surface area contributed by atoms with Crippen molar-refractivity contribution in [3.63, 3.8) is 0 Å². The minimum Gasteiger partial charge on any atom is -0.497 e. The Balaban J connectivity index is 1.42. The van der Waals surface area contributed by atoms with Gasteiger partial charge in [-0.15, -0.1) is 0 Å². The smallest absolute Gasteiger partial charge is 0.156 e. The highest BCUT2D eigenvalue weighted by Crippen LogP contribution is 2.38. The van der Waals surface area contributed by atoms with Crippen molar-refractivity contribution < 1.29 is 24.2 Å². The fourth-order valence-electron chi connectivity index (χ4n) is 5.21. The van der Waals surface area contributed by atoms with Gasteiger partial charge < -0.3 is 29.1 Å². The maximum absolute atomic E-state index is 11.5. The van der Waals surface area contributed by atoms with Crippen LogP contribution >= 0.6 is 0 Å². The van der Waals surface area contributed by atoms with E-state index in [1.165, 1.54) is 11.3 Å². The molecule has 5 rings (SSSR count). The summed E-state index contributed by atoms with van der Waals surface area (Å²) in [5.41, 5.74) is 6.42. The molecule has 8 heteroatoms. The molecule has 0 amide bonds. The molecule has 8 nitrogen and oxygen atoms in total. The summed E-state index contributed by atoms with van der Waals surface area (Å²) >= 11 is 0. The number of aliphatic hydroxyl groups is 1. The topological polar surface area (TPSA) is 85.6 Å². The molecule has 0 bridgehead atoms. The third kappa shape index (κ3) is 5.66. The van der Waals surface area contributed by atoms with Crippen LogP contribution in [-0.4, -0.2) is 55.3 Å². The minimum absolute atomic E-state index is 0.232. The Morgan fingerprint density at radius 1 is 1.08 bits per heavy atom. The summed E-state index contributed by atoms with van der Waals surface area (Å²) in [6.45, 7) is 7.77. The molecular formula is C31H37N3O5. The Labute approximate surface area is 230 Å². The van der Waals surface area contributed by atoms with E-state index < -0.39 is 12.2 Å². The molecule has 2 aliphatic rings. The summed E-state index contributed by atoms with van der Waals surface area (Å²) in [7, 11) is 3.22. The van der Waals surface area contributed by atoms with E-state index >= 15 is 0 Å². The molecule has 0 fully saturated rings. The number of rotatable bonds is 7. The van der Waals surface area contributed by atoms with Gasteiger partial charge in [-0.2, -0.15) is 0 Å². The molecule has 2 aliphatic heterocycles. The van der Waals surface area contributed by atoms with Crippen LogP contribution in [0.15, 0.2) is 53.7 Å². The normalized spacial score (nSPS) is 20.4. The van der Waals surface area contributed by atoms with Crippen molar-refractivity contribution in [2.75, 3.05) is 32.2 Å². The Morgan fingerprint density at radius 3 is 2.67 bits per heavy atom. The zero-order chi connectivity index (χ0) is 27.5. The fraction of sp³-hybridized carbons (Fsp3) is 0.419. The van der Waals surface area contributed by atoms with Crippen LogP contribution in [0.2, 0.25) is 0 Å². The zero-order valence-corrected chi connectivity index (χ0v) is 23.3. The molecule has 2 aromatic carbocycles. The number of aryl methyl sites for hydroxylation is 3. The number of fused-ring (bicyclic) bond motifs is 2. The number of hydrogen-bond donors (Lipinski definition) is 1. The van der Waals surface area contributed by atoms with Gasteiger partial charge >= 0.3 is 0 Å². The summed E-state index contributed by atoms with van der Waals surface area (Å²) in [6, 6.07) is 15.2. The predicted octanol–water partition coefficient (Wildman–Crippen LogP) is 5.16. The van der Waals surface area contributed by atoms with E-state index in [9.17, 15) is 5.11 Å². The first-order valence-electron chi connectivity index (χ1n) is 13.5. The lowest BCUT2D eigenvalue weighted by atomic mass is 9.92. The van der Waals surface area contributed by atoms with E-state index in [0.717, 1.165) is 42.8 Å². The molecule has 39 heavy (non-hydrogen) atoms. The van der Waals surface area contributed by atoms with Crippen LogP contribution in [0.25, 0.3) is 0 Å². The summed E-state index contributed by atoms with van der Waals surface area (Å²) < 4.78 is 17.1. The maximum Gasteiger partial charge on any atom is 0.156 e. The molecule has 3 aromatic rings. The van der Waals surface area contributed by atoms with E-state index in [-0.39, 0.29) is 6.10 Å². The minimum atomic E-state index is -1.06. The summed E-state index contributed by atoms with van der Waals surface area (Å²) in [5, 5.41) is 16.0. The lowest BCUT2D eigenvalue weighted by Gasteiger charge is -2.32. The average molecular weight is 532 g/mol. The van der Waals surface area contributed by atoms with E-state index in [4.69, 9.17) is 24.0 Å². The van der Waals surface area contributed by atoms with Crippen molar-refractivity contribution in [1.29, 1.82) is 0 Å². The second-order valence-corrected chi connectivity index (χ2v) is 10.3. The molecule has 1 N–H and O–H groups in total. The molecule has 0 radical (unpaired) electrons. The number of ether oxygens (including phenoxy) is 3. The molecule has 0 spiro atoms. The van der Waals surface area contributed by atoms with Crippen LogP contribution in [0, 0.1) is 13.8 Å². The van der Waals surface area contributed by atoms with Gasteiger partial charge in [0.2, 0.25) is 0 Å². The Bertz CT molecular complexity index is 1360. The second kappa shape index (κ2) is 11.5. The van der Waals surface area contributed by atoms with Crippen molar-refractivity contribution >= 4 is 11.4 Å². The molecule has 3 heterocycles. The Morgan fingerprint density at radius 2 is 1.87 bits per heavy atom. The van der Waals surface area contributed by atoms with Gasteiger partial charge in [-0.1, -0.05) is 17.3 Å². The first kappa shape index (κ1) is 26.8. The number of anilines is 1. The highest BCUT2D eigenvalue weighted by molar-refractivity contribution is 6.07. The highest BCUT2D eigenvalue weighted by Gasteiger charge is 2.37. The highest BCUT2D eigenvalue weighted by atomic mass is 16.6. The third-order valence-corrected chi connectivity index (χ3v) is 7.47. The third-order valence-electron chi connectivity index (χ3n) is 7.47. The first-order valence-corrected chi connectivity index (χ1v) is 13.5. The van der Waals surface area contributed by atoms with Crippen molar-refractivity contribution in [3.8, 4) is 17.2 Å². The largest absolute Gasteiger partial charge is 0.497 e. The van der Waals surface area contributed by atoms with Gasteiger partial charge in [0.15, 0.2) is 6.10 Å². The number of hydrogen-bond acceptors (Lipinski definition) is 8. The van der Waals surface area contributed by atoms with Gasteiger partial charge in [0.1, 0.15) is 35.2 Å². The summed E-state index contributed by atoms with van der Waals surface area (Å²) in [5.74, 6) is 1.93. The monoisotopic (exact) mass is 531 g/mol. The number of nitrogens with zero attached hydrogens (tertiary/aromatic N) is 3. The van der Waals surface area contributed by atoms with Gasteiger partial charge in [0.25, 0.3) is 0 Å². The van der Waals surface area contributed by atoms with E-state index in [1.807, 2.05) is 49.4 Å². The standard InChI is InChI=1S/C31H37N3O5/c1-19-15-27-26(32-21(19)3)11-6-7-14-34(27)18-20(2)39-33-29-25-17-24(37-5)12-13-28(25)38-31(30(29)35)22-9-8-10-23(16-22)36-4/h8-10,12-13,15-17,20,30-31,35H,6-7,11,14,18H2,1-5H3/t20?,30-,31+/m0/s1. The van der Waals surface area contributed by atoms with Gasteiger partial charge in [0, 0.05) is 17.8 Å². The summed E-state index contributed by atoms with van der Waals surface area (Å²) in [4.78, 5) is 13.3. The molecule has 3 atom stereocenters. The number of pyridine rings is 1. The van der Waals surface area contributed by atoms with Crippen molar-refractivity contribution in [2.24, 2.45) is 5.16 Å². The Hall–Kier alpha value is -3.78. The van der Waals surface area contributed by atoms with Gasteiger partial charge in [0.05, 0.1) is 32.1 Å². The SMILES string of the molecule is COc1cccc([C@H]2Oc3ccc(OC)cc3C(=NOC(C)CN3CCCCc4nc(C)c(C)cc43)[C@@H]2O)c1. The number of aromatic nitrogens is 1. The zero-order valence-electron chi connectivity index (χ0n) is 23.3. The molecule has 0 aliphatic carbocycles. The van der Waals surface area contributed by atoms with E-state index in [2.05, 4.69) is 30.0 Å². The number of benzene rings is 2. The molecule has 206 valence electrons. The molecule has 1 aromatic heterocycles. The maximum atomic E-state index is 11.5. The molecule has 1 unspecified atom stereocenters. The lowest BCUT2D eigenvalue weighted by molar-refractivity contribution is 0.0513. The predicted molar refractivity (Wildman–Crippen MR) is 151 cm³/mol. The van der Waals surface area contributed by atoms with Gasteiger partial charge in [-0.05, 0) is 87.6 Å². The number of aliphatic hydroxyl groups excluding tert-OH is 1. The van der Waals surface area contributed by atoms with Crippen LogP contribution in [0.5, 0.6) is 17.2 Å². The molecular weight excluding hydrogens is 494 g/mol. The lowest BCUT2D eigenvalue weighted by Crippen LogP contribution is -2.38. The van der Waals surface area contributed by atoms with Crippen LogP contribution < -0.4 is 19.1 Å². The van der Waals surface area contributed by atoms with Crippen molar-refractivity contribution in [2.45, 2.75) is 58.3 Å². The van der Waals surface area contributed by atoms with Crippen LogP contribution in [-0.2, 0) is 11.3 Å². The molecule has 0 saturated carbocycles. The van der Waals surface area contributed by atoms with Crippen LogP contribution in [0.3, 0.4) is 0 Å². The van der Waals surface area contributed by atoms with Gasteiger partial charge in [-0.3, -0.25) is 4.98 Å². The first-order chi connectivity index (χ1) is 18.9. The summed E-state index contributed by atoms with van der Waals surface area (Å²) in [6.07, 6.45) is 1.24. The number of oxime groups is 1. The quantitative estimate of drug-likeness (QED) is 0.422. The van der Waals surface area contributed by atoms with E-state index in [1.54, 1.807) is 14.2 Å². The average Bonchev–Trinajstić information content (AvgIpc) is 3.13. The second-order valence-electron chi connectivity index (χ2n) is 10.3. The van der Waals surface area contributed by atoms with Crippen molar-refractivity contribution in [1.82, 2.24) is 4.98 Å². The Kier molecular flexibility index (Phi) is 7.93. The van der Waals surface area contributed by atoms with E-state index in [0.29, 0.717) is 35.1 Å². The number of methoxy groups -OCH3 is 2. The van der Waals surface area contributed by atoms with Crippen LogP contribution in [0.1, 0.15) is 53.9 Å². The fourth-order valence-corrected chi connectivity index (χ4v) is 5.21. The molecule has 0 saturated heterocycles.